The first-order valence-corrected chi connectivity index (χ1v) is 5.99. The van der Waals surface area contributed by atoms with Crippen LogP contribution in [0.25, 0.3) is 0 Å². The molecule has 1 aromatic rings. The van der Waals surface area contributed by atoms with E-state index in [9.17, 15) is 17.2 Å². The van der Waals surface area contributed by atoms with E-state index in [2.05, 4.69) is 4.98 Å². The van der Waals surface area contributed by atoms with Crippen molar-refractivity contribution in [1.82, 2.24) is 4.98 Å². The van der Waals surface area contributed by atoms with E-state index < -0.39 is 33.9 Å². The van der Waals surface area contributed by atoms with Crippen LogP contribution in [0.2, 0.25) is 0 Å². The van der Waals surface area contributed by atoms with Gasteiger partial charge in [0.1, 0.15) is 0 Å². The molecule has 15 heavy (non-hydrogen) atoms. The second-order valence-electron chi connectivity index (χ2n) is 3.60. The number of hydrogen-bond acceptors (Lipinski definition) is 3. The summed E-state index contributed by atoms with van der Waals surface area (Å²) in [6.45, 7) is 0. The summed E-state index contributed by atoms with van der Waals surface area (Å²) in [5.41, 5.74) is 0. The van der Waals surface area contributed by atoms with Crippen molar-refractivity contribution in [3.63, 3.8) is 0 Å². The second kappa shape index (κ2) is 3.23. The maximum atomic E-state index is 12.5. The van der Waals surface area contributed by atoms with Crippen molar-refractivity contribution in [2.24, 2.45) is 0 Å². The normalized spacial score (nSPS) is 20.9. The molecule has 1 aliphatic carbocycles. The molecule has 0 bridgehead atoms. The molecule has 0 aliphatic heterocycles. The molecule has 6 heteroatoms. The zero-order valence-electron chi connectivity index (χ0n) is 7.73. The Bertz CT molecular complexity index is 450. The number of aromatic nitrogens is 1. The Kier molecular flexibility index (Phi) is 2.26. The molecular weight excluding hydrogens is 224 g/mol. The fourth-order valence-electron chi connectivity index (χ4n) is 1.51. The van der Waals surface area contributed by atoms with E-state index in [-0.39, 0.29) is 5.03 Å². The first-order chi connectivity index (χ1) is 6.92. The predicted octanol–water partition coefficient (Wildman–Crippen LogP) is 1.65. The molecule has 1 saturated carbocycles. The van der Waals surface area contributed by atoms with Crippen LogP contribution in [0, 0.1) is 0 Å². The molecule has 0 amide bonds. The molecule has 0 unspecified atom stereocenters. The molecule has 0 aromatic carbocycles. The number of pyridine rings is 1. The van der Waals surface area contributed by atoms with Gasteiger partial charge in [0.05, 0.1) is 5.25 Å². The topological polar surface area (TPSA) is 47.0 Å². The minimum atomic E-state index is -3.66. The van der Waals surface area contributed by atoms with Crippen LogP contribution in [-0.4, -0.2) is 24.6 Å². The van der Waals surface area contributed by atoms with Crippen molar-refractivity contribution >= 4 is 9.84 Å². The first kappa shape index (κ1) is 10.5. The van der Waals surface area contributed by atoms with E-state index in [4.69, 9.17) is 0 Å². The smallest absolute Gasteiger partial charge is 0.245 e. The average molecular weight is 233 g/mol. The molecule has 1 aliphatic rings. The van der Waals surface area contributed by atoms with E-state index in [1.165, 1.54) is 18.3 Å². The third kappa shape index (κ3) is 1.86. The summed E-state index contributed by atoms with van der Waals surface area (Å²) in [5, 5.41) is -1.10. The lowest BCUT2D eigenvalue weighted by atomic mass is 9.94. The number of halogens is 2. The minimum absolute atomic E-state index is 0.120. The van der Waals surface area contributed by atoms with Crippen LogP contribution in [0.5, 0.6) is 0 Å². The third-order valence-electron chi connectivity index (χ3n) is 2.42. The largest absolute Gasteiger partial charge is 0.250 e. The number of hydrogen-bond donors (Lipinski definition) is 0. The van der Waals surface area contributed by atoms with E-state index in [0.29, 0.717) is 0 Å². The molecule has 1 aromatic heterocycles. The highest BCUT2D eigenvalue weighted by atomic mass is 32.2. The van der Waals surface area contributed by atoms with Crippen molar-refractivity contribution in [3.8, 4) is 0 Å². The molecule has 1 heterocycles. The lowest BCUT2D eigenvalue weighted by Crippen LogP contribution is -2.44. The zero-order valence-corrected chi connectivity index (χ0v) is 8.55. The molecular formula is C9H9F2NO2S. The van der Waals surface area contributed by atoms with Gasteiger partial charge in [0.15, 0.2) is 14.9 Å². The second-order valence-corrected chi connectivity index (χ2v) is 5.77. The summed E-state index contributed by atoms with van der Waals surface area (Å²) in [5.74, 6) is -2.83. The Balaban J connectivity index is 2.24. The molecule has 0 saturated heterocycles. The Morgan fingerprint density at radius 3 is 2.47 bits per heavy atom. The van der Waals surface area contributed by atoms with Crippen LogP contribution in [-0.2, 0) is 9.84 Å². The quantitative estimate of drug-likeness (QED) is 0.780. The van der Waals surface area contributed by atoms with E-state index in [1.807, 2.05) is 0 Å². The van der Waals surface area contributed by atoms with Crippen LogP contribution in [0.4, 0.5) is 8.78 Å². The monoisotopic (exact) mass is 233 g/mol. The Labute approximate surface area is 86.1 Å². The number of rotatable bonds is 2. The van der Waals surface area contributed by atoms with E-state index >= 15 is 0 Å². The highest BCUT2D eigenvalue weighted by Gasteiger charge is 2.52. The van der Waals surface area contributed by atoms with Crippen LogP contribution in [0.3, 0.4) is 0 Å². The number of nitrogens with zero attached hydrogens (tertiary/aromatic N) is 1. The van der Waals surface area contributed by atoms with Gasteiger partial charge in [-0.25, -0.2) is 22.2 Å². The van der Waals surface area contributed by atoms with Gasteiger partial charge < -0.3 is 0 Å². The molecule has 0 atom stereocenters. The number of alkyl halides is 2. The summed E-state index contributed by atoms with van der Waals surface area (Å²) in [6.07, 6.45) is 0.154. The van der Waals surface area contributed by atoms with Crippen molar-refractivity contribution in [2.75, 3.05) is 0 Å². The molecule has 0 spiro atoms. The van der Waals surface area contributed by atoms with Crippen LogP contribution in [0.1, 0.15) is 12.8 Å². The minimum Gasteiger partial charge on any atom is -0.245 e. The van der Waals surface area contributed by atoms with Gasteiger partial charge >= 0.3 is 0 Å². The first-order valence-electron chi connectivity index (χ1n) is 4.45. The van der Waals surface area contributed by atoms with E-state index in [1.54, 1.807) is 6.07 Å². The van der Waals surface area contributed by atoms with Crippen LogP contribution < -0.4 is 0 Å². The van der Waals surface area contributed by atoms with Gasteiger partial charge in [-0.1, -0.05) is 6.07 Å². The zero-order chi connectivity index (χ0) is 11.1. The fraction of sp³-hybridized carbons (Fsp3) is 0.444. The van der Waals surface area contributed by atoms with Gasteiger partial charge in [-0.15, -0.1) is 0 Å². The summed E-state index contributed by atoms with van der Waals surface area (Å²) in [7, 11) is -3.66. The molecule has 82 valence electrons. The van der Waals surface area contributed by atoms with Crippen LogP contribution in [0.15, 0.2) is 29.4 Å². The molecule has 3 nitrogen and oxygen atoms in total. The molecule has 0 N–H and O–H groups in total. The average Bonchev–Trinajstić information content (AvgIpc) is 2.15. The van der Waals surface area contributed by atoms with Gasteiger partial charge in [0, 0.05) is 19.0 Å². The van der Waals surface area contributed by atoms with Gasteiger partial charge in [-0.3, -0.25) is 0 Å². The molecule has 0 radical (unpaired) electrons. The molecule has 2 rings (SSSR count). The SMILES string of the molecule is O=S(=O)(c1ccccn1)C1CC(F)(F)C1. The molecule has 1 fully saturated rings. The number of sulfone groups is 1. The Morgan fingerprint density at radius 1 is 1.33 bits per heavy atom. The predicted molar refractivity (Wildman–Crippen MR) is 49.4 cm³/mol. The third-order valence-corrected chi connectivity index (χ3v) is 4.46. The van der Waals surface area contributed by atoms with Crippen molar-refractivity contribution < 1.29 is 17.2 Å². The van der Waals surface area contributed by atoms with Crippen molar-refractivity contribution in [2.45, 2.75) is 29.0 Å². The summed E-state index contributed by atoms with van der Waals surface area (Å²) in [4.78, 5) is 3.67. The fourth-order valence-corrected chi connectivity index (χ4v) is 3.26. The van der Waals surface area contributed by atoms with Crippen LogP contribution >= 0.6 is 0 Å². The van der Waals surface area contributed by atoms with Gasteiger partial charge in [0.25, 0.3) is 5.92 Å². The lowest BCUT2D eigenvalue weighted by Gasteiger charge is -2.33. The highest BCUT2D eigenvalue weighted by molar-refractivity contribution is 7.92. The van der Waals surface area contributed by atoms with Crippen molar-refractivity contribution in [1.29, 1.82) is 0 Å². The lowest BCUT2D eigenvalue weighted by molar-refractivity contribution is -0.0686. The summed E-state index contributed by atoms with van der Waals surface area (Å²) in [6, 6.07) is 4.43. The maximum absolute atomic E-state index is 12.5. The van der Waals surface area contributed by atoms with Gasteiger partial charge in [-0.05, 0) is 12.1 Å². The summed E-state index contributed by atoms with van der Waals surface area (Å²) >= 11 is 0. The van der Waals surface area contributed by atoms with Gasteiger partial charge in [0.2, 0.25) is 0 Å². The van der Waals surface area contributed by atoms with Gasteiger partial charge in [-0.2, -0.15) is 0 Å². The Morgan fingerprint density at radius 2 is 2.00 bits per heavy atom. The highest BCUT2D eigenvalue weighted by Crippen LogP contribution is 2.42. The summed E-state index contributed by atoms with van der Waals surface area (Å²) < 4.78 is 48.5. The standard InChI is InChI=1S/C9H9F2NO2S/c10-9(11)5-7(6-9)15(13,14)8-3-1-2-4-12-8/h1-4,7H,5-6H2. The maximum Gasteiger partial charge on any atom is 0.250 e. The Hall–Kier alpha value is -1.04. The van der Waals surface area contributed by atoms with Crippen molar-refractivity contribution in [3.05, 3.63) is 24.4 Å². The van der Waals surface area contributed by atoms with E-state index in [0.717, 1.165) is 0 Å².